The number of sulfonamides is 1. The van der Waals surface area contributed by atoms with Gasteiger partial charge < -0.3 is 0 Å². The Labute approximate surface area is 112 Å². The summed E-state index contributed by atoms with van der Waals surface area (Å²) >= 11 is 0. The highest BCUT2D eigenvalue weighted by atomic mass is 32.2. The molecule has 1 aliphatic heterocycles. The molecule has 2 aromatic rings. The van der Waals surface area contributed by atoms with Gasteiger partial charge in [0.2, 0.25) is 10.0 Å². The lowest BCUT2D eigenvalue weighted by atomic mass is 9.94. The molecule has 1 aromatic heterocycles. The molecule has 1 saturated heterocycles. The molecule has 1 aromatic carbocycles. The Morgan fingerprint density at radius 2 is 1.79 bits per heavy atom. The SMILES string of the molecule is O=S(=O)(c1cccnc1)N1CC(c2ccccc2)C1. The van der Waals surface area contributed by atoms with Crippen molar-refractivity contribution in [2.24, 2.45) is 0 Å². The zero-order chi connectivity index (χ0) is 13.3. The summed E-state index contributed by atoms with van der Waals surface area (Å²) in [5.74, 6) is 0.299. The predicted molar refractivity (Wildman–Crippen MR) is 72.2 cm³/mol. The van der Waals surface area contributed by atoms with Gasteiger partial charge in [0.25, 0.3) is 0 Å². The summed E-state index contributed by atoms with van der Waals surface area (Å²) in [5, 5.41) is 0. The monoisotopic (exact) mass is 274 g/mol. The Morgan fingerprint density at radius 3 is 2.42 bits per heavy atom. The molecule has 0 unspecified atom stereocenters. The maximum atomic E-state index is 12.3. The van der Waals surface area contributed by atoms with Crippen LogP contribution in [0, 0.1) is 0 Å². The number of aromatic nitrogens is 1. The van der Waals surface area contributed by atoms with Gasteiger partial charge in [-0.25, -0.2) is 8.42 Å². The van der Waals surface area contributed by atoms with E-state index in [9.17, 15) is 8.42 Å². The number of rotatable bonds is 3. The number of hydrogen-bond donors (Lipinski definition) is 0. The number of pyridine rings is 1. The highest BCUT2D eigenvalue weighted by Gasteiger charge is 2.37. The van der Waals surface area contributed by atoms with E-state index in [4.69, 9.17) is 0 Å². The molecule has 0 N–H and O–H groups in total. The smallest absolute Gasteiger partial charge is 0.244 e. The largest absolute Gasteiger partial charge is 0.263 e. The molecular weight excluding hydrogens is 260 g/mol. The molecule has 19 heavy (non-hydrogen) atoms. The van der Waals surface area contributed by atoms with Crippen molar-refractivity contribution in [1.82, 2.24) is 9.29 Å². The van der Waals surface area contributed by atoms with Crippen LogP contribution in [0.2, 0.25) is 0 Å². The Morgan fingerprint density at radius 1 is 1.05 bits per heavy atom. The number of hydrogen-bond acceptors (Lipinski definition) is 3. The summed E-state index contributed by atoms with van der Waals surface area (Å²) in [5.41, 5.74) is 1.19. The summed E-state index contributed by atoms with van der Waals surface area (Å²) < 4.78 is 26.1. The molecule has 0 amide bonds. The lowest BCUT2D eigenvalue weighted by Gasteiger charge is -2.38. The summed E-state index contributed by atoms with van der Waals surface area (Å²) in [6.45, 7) is 1.09. The van der Waals surface area contributed by atoms with Crippen LogP contribution in [0.5, 0.6) is 0 Å². The summed E-state index contributed by atoms with van der Waals surface area (Å²) in [7, 11) is -3.37. The molecule has 0 bridgehead atoms. The maximum absolute atomic E-state index is 12.3. The predicted octanol–water partition coefficient (Wildman–Crippen LogP) is 1.87. The standard InChI is InChI=1S/C14H14N2O2S/c17-19(18,14-7-4-8-15-9-14)16-10-13(11-16)12-5-2-1-3-6-12/h1-9,13H,10-11H2. The average Bonchev–Trinajstić information content (AvgIpc) is 2.39. The molecule has 0 spiro atoms. The third-order valence-electron chi connectivity index (χ3n) is 3.39. The fourth-order valence-electron chi connectivity index (χ4n) is 2.22. The van der Waals surface area contributed by atoms with Crippen LogP contribution < -0.4 is 0 Å². The van der Waals surface area contributed by atoms with Crippen molar-refractivity contribution in [3.63, 3.8) is 0 Å². The van der Waals surface area contributed by atoms with Crippen molar-refractivity contribution in [2.45, 2.75) is 10.8 Å². The normalized spacial score (nSPS) is 17.1. The van der Waals surface area contributed by atoms with Crippen LogP contribution in [0.4, 0.5) is 0 Å². The van der Waals surface area contributed by atoms with Gasteiger partial charge in [-0.1, -0.05) is 30.3 Å². The third kappa shape index (κ3) is 2.27. The quantitative estimate of drug-likeness (QED) is 0.858. The second kappa shape index (κ2) is 4.75. The molecule has 5 heteroatoms. The van der Waals surface area contributed by atoms with E-state index in [1.165, 1.54) is 16.1 Å². The minimum Gasteiger partial charge on any atom is -0.263 e. The molecule has 0 radical (unpaired) electrons. The zero-order valence-corrected chi connectivity index (χ0v) is 11.1. The minimum absolute atomic E-state index is 0.265. The number of nitrogens with zero attached hydrogens (tertiary/aromatic N) is 2. The zero-order valence-electron chi connectivity index (χ0n) is 10.3. The van der Waals surface area contributed by atoms with Gasteiger partial charge in [-0.2, -0.15) is 4.31 Å². The first-order valence-corrected chi connectivity index (χ1v) is 7.57. The van der Waals surface area contributed by atoms with E-state index < -0.39 is 10.0 Å². The fourth-order valence-corrected chi connectivity index (χ4v) is 3.71. The van der Waals surface area contributed by atoms with Crippen LogP contribution in [0.15, 0.2) is 59.8 Å². The summed E-state index contributed by atoms with van der Waals surface area (Å²) in [6.07, 6.45) is 2.97. The lowest BCUT2D eigenvalue weighted by molar-refractivity contribution is 0.264. The van der Waals surface area contributed by atoms with Gasteiger partial charge in [0, 0.05) is 31.4 Å². The molecule has 3 rings (SSSR count). The Bertz CT molecular complexity index is 650. The first-order chi connectivity index (χ1) is 9.18. The van der Waals surface area contributed by atoms with Crippen molar-refractivity contribution < 1.29 is 8.42 Å². The number of benzene rings is 1. The van der Waals surface area contributed by atoms with Crippen LogP contribution in [0.25, 0.3) is 0 Å². The van der Waals surface area contributed by atoms with Crippen molar-refractivity contribution in [3.8, 4) is 0 Å². The Balaban J connectivity index is 1.74. The van der Waals surface area contributed by atoms with Crippen LogP contribution >= 0.6 is 0 Å². The van der Waals surface area contributed by atoms with E-state index in [-0.39, 0.29) is 4.90 Å². The molecule has 4 nitrogen and oxygen atoms in total. The topological polar surface area (TPSA) is 50.3 Å². The van der Waals surface area contributed by atoms with E-state index in [0.29, 0.717) is 19.0 Å². The van der Waals surface area contributed by atoms with Crippen LogP contribution in [0.1, 0.15) is 11.5 Å². The molecule has 98 valence electrons. The van der Waals surface area contributed by atoms with Gasteiger partial charge in [0.05, 0.1) is 0 Å². The third-order valence-corrected chi connectivity index (χ3v) is 5.21. The van der Waals surface area contributed by atoms with E-state index in [2.05, 4.69) is 4.98 Å². The van der Waals surface area contributed by atoms with Crippen LogP contribution in [-0.2, 0) is 10.0 Å². The van der Waals surface area contributed by atoms with Crippen molar-refractivity contribution in [1.29, 1.82) is 0 Å². The fraction of sp³-hybridized carbons (Fsp3) is 0.214. The first kappa shape index (κ1) is 12.3. The average molecular weight is 274 g/mol. The minimum atomic E-state index is -3.37. The van der Waals surface area contributed by atoms with Crippen molar-refractivity contribution in [3.05, 3.63) is 60.4 Å². The molecule has 0 atom stereocenters. The van der Waals surface area contributed by atoms with Gasteiger partial charge in [0.15, 0.2) is 0 Å². The van der Waals surface area contributed by atoms with Crippen LogP contribution in [-0.4, -0.2) is 30.8 Å². The van der Waals surface area contributed by atoms with Gasteiger partial charge in [-0.3, -0.25) is 4.98 Å². The summed E-state index contributed by atoms with van der Waals surface area (Å²) in [4.78, 5) is 4.13. The van der Waals surface area contributed by atoms with Gasteiger partial charge in [-0.05, 0) is 17.7 Å². The molecular formula is C14H14N2O2S. The van der Waals surface area contributed by atoms with E-state index in [0.717, 1.165) is 0 Å². The van der Waals surface area contributed by atoms with Gasteiger partial charge in [-0.15, -0.1) is 0 Å². The summed E-state index contributed by atoms with van der Waals surface area (Å²) in [6, 6.07) is 13.2. The van der Waals surface area contributed by atoms with Gasteiger partial charge >= 0.3 is 0 Å². The second-order valence-electron chi connectivity index (χ2n) is 4.62. The van der Waals surface area contributed by atoms with Crippen LogP contribution in [0.3, 0.4) is 0 Å². The highest BCUT2D eigenvalue weighted by Crippen LogP contribution is 2.31. The maximum Gasteiger partial charge on any atom is 0.244 e. The van der Waals surface area contributed by atoms with Crippen molar-refractivity contribution >= 4 is 10.0 Å². The van der Waals surface area contributed by atoms with Gasteiger partial charge in [0.1, 0.15) is 4.90 Å². The Hall–Kier alpha value is -1.72. The highest BCUT2D eigenvalue weighted by molar-refractivity contribution is 7.89. The lowest BCUT2D eigenvalue weighted by Crippen LogP contribution is -2.48. The second-order valence-corrected chi connectivity index (χ2v) is 6.56. The molecule has 0 aliphatic carbocycles. The Kier molecular flexibility index (Phi) is 3.08. The van der Waals surface area contributed by atoms with E-state index >= 15 is 0 Å². The molecule has 1 fully saturated rings. The molecule has 0 saturated carbocycles. The van der Waals surface area contributed by atoms with Crippen molar-refractivity contribution in [2.75, 3.05) is 13.1 Å². The van der Waals surface area contributed by atoms with E-state index in [1.807, 2.05) is 30.3 Å². The molecule has 2 heterocycles. The first-order valence-electron chi connectivity index (χ1n) is 6.13. The van der Waals surface area contributed by atoms with E-state index in [1.54, 1.807) is 18.3 Å². The molecule has 1 aliphatic rings.